The number of imidazole rings is 1. The number of nitrogens with one attached hydrogen (secondary N) is 4. The molecule has 1 unspecified atom stereocenters. The number of ether oxygens (including phenoxy) is 1. The second kappa shape index (κ2) is 15.8. The van der Waals surface area contributed by atoms with Gasteiger partial charge in [-0.3, -0.25) is 29.4 Å². The molecule has 7 rings (SSSR count). The highest BCUT2D eigenvalue weighted by Crippen LogP contribution is 2.33. The molecule has 1 fully saturated rings. The summed E-state index contributed by atoms with van der Waals surface area (Å²) in [5.74, 6) is -3.16. The number of aromatic nitrogens is 4. The van der Waals surface area contributed by atoms with E-state index in [0.29, 0.717) is 22.7 Å². The summed E-state index contributed by atoms with van der Waals surface area (Å²) in [4.78, 5) is 63.7. The van der Waals surface area contributed by atoms with Gasteiger partial charge in [0, 0.05) is 42.5 Å². The average Bonchev–Trinajstić information content (AvgIpc) is 3.65. The van der Waals surface area contributed by atoms with E-state index < -0.39 is 51.3 Å². The van der Waals surface area contributed by atoms with Gasteiger partial charge >= 0.3 is 0 Å². The number of amides is 4. The SMILES string of the molecule is Cc1nc2c(F)cc(-c3nc(Nc4ccc(S(=O)(=O)NCCOCCNc5cccc6c5C(=O)N(C5CCC(=O)NC5=O)C6=O)cc4)ncc3F)cc2n1C(C)C. The standard InChI is InChI=1S/C38H37F2N9O7S/c1-20(2)48-21(3)44-34-26(39)17-22(18-30(34)48)33-27(40)19-42-38(47-33)45-23-7-9-24(10-8-23)57(54,55)43-14-16-56-15-13-41-28-6-4-5-25-32(28)37(53)49(36(25)52)29-11-12-31(50)46-35(29)51/h4-10,17-20,29,41,43H,11-16H2,1-3H3,(H,42,45,47)(H,46,50,51). The fourth-order valence-corrected chi connectivity index (χ4v) is 7.90. The predicted octanol–water partition coefficient (Wildman–Crippen LogP) is 4.21. The smallest absolute Gasteiger partial charge is 0.264 e. The molecule has 19 heteroatoms. The van der Waals surface area contributed by atoms with Crippen molar-refractivity contribution in [3.05, 3.63) is 89.4 Å². The van der Waals surface area contributed by atoms with Crippen molar-refractivity contribution in [3.63, 3.8) is 0 Å². The second-order valence-electron chi connectivity index (χ2n) is 13.6. The minimum Gasteiger partial charge on any atom is -0.382 e. The van der Waals surface area contributed by atoms with Gasteiger partial charge in [-0.1, -0.05) is 6.07 Å². The lowest BCUT2D eigenvalue weighted by Gasteiger charge is -2.27. The molecule has 4 N–H and O–H groups in total. The molecule has 0 saturated carbocycles. The van der Waals surface area contributed by atoms with Crippen LogP contribution in [0.15, 0.2) is 65.7 Å². The van der Waals surface area contributed by atoms with E-state index in [2.05, 4.69) is 35.6 Å². The first kappa shape index (κ1) is 39.1. The Balaban J connectivity index is 0.903. The molecule has 4 heterocycles. The molecule has 16 nitrogen and oxygen atoms in total. The number of carbonyl (C=O) groups is 4. The molecule has 57 heavy (non-hydrogen) atoms. The number of hydrogen-bond acceptors (Lipinski definition) is 12. The van der Waals surface area contributed by atoms with Gasteiger partial charge < -0.3 is 19.9 Å². The monoisotopic (exact) mass is 801 g/mol. The van der Waals surface area contributed by atoms with Crippen molar-refractivity contribution in [1.82, 2.24) is 34.5 Å². The van der Waals surface area contributed by atoms with Crippen LogP contribution in [0.4, 0.5) is 26.1 Å². The Bertz CT molecular complexity index is 2550. The fourth-order valence-electron chi connectivity index (χ4n) is 6.89. The molecular formula is C38H37F2N9O7S. The highest BCUT2D eigenvalue weighted by Gasteiger charge is 2.45. The molecule has 2 aromatic heterocycles. The zero-order valence-electron chi connectivity index (χ0n) is 30.9. The van der Waals surface area contributed by atoms with Crippen molar-refractivity contribution in [3.8, 4) is 11.3 Å². The normalized spacial score (nSPS) is 15.8. The average molecular weight is 802 g/mol. The van der Waals surface area contributed by atoms with Gasteiger partial charge in [0.1, 0.15) is 23.1 Å². The van der Waals surface area contributed by atoms with Gasteiger partial charge in [0.25, 0.3) is 11.8 Å². The van der Waals surface area contributed by atoms with E-state index >= 15 is 4.39 Å². The number of nitrogens with zero attached hydrogens (tertiary/aromatic N) is 5. The number of imide groups is 2. The number of hydrogen-bond donors (Lipinski definition) is 4. The molecule has 1 saturated heterocycles. The van der Waals surface area contributed by atoms with Gasteiger partial charge in [0.15, 0.2) is 11.6 Å². The van der Waals surface area contributed by atoms with Crippen LogP contribution in [0, 0.1) is 18.6 Å². The molecule has 0 radical (unpaired) electrons. The Kier molecular flexibility index (Phi) is 10.8. The molecule has 2 aliphatic heterocycles. The fraction of sp³-hybridized carbons (Fsp3) is 0.289. The van der Waals surface area contributed by atoms with Gasteiger partial charge in [-0.15, -0.1) is 0 Å². The highest BCUT2D eigenvalue weighted by atomic mass is 32.2. The van der Waals surface area contributed by atoms with E-state index in [0.717, 1.165) is 11.1 Å². The van der Waals surface area contributed by atoms with E-state index in [1.807, 2.05) is 18.4 Å². The van der Waals surface area contributed by atoms with E-state index in [9.17, 15) is 32.0 Å². The van der Waals surface area contributed by atoms with Crippen molar-refractivity contribution in [2.75, 3.05) is 36.9 Å². The third kappa shape index (κ3) is 7.80. The van der Waals surface area contributed by atoms with Crippen LogP contribution in [0.1, 0.15) is 59.3 Å². The van der Waals surface area contributed by atoms with Gasteiger partial charge in [-0.2, -0.15) is 0 Å². The third-order valence-electron chi connectivity index (χ3n) is 9.45. The first-order chi connectivity index (χ1) is 27.2. The second-order valence-corrected chi connectivity index (χ2v) is 15.4. The molecule has 3 aromatic carbocycles. The molecule has 4 amide bonds. The number of fused-ring (bicyclic) bond motifs is 2. The maximum absolute atomic E-state index is 15.1. The summed E-state index contributed by atoms with van der Waals surface area (Å²) in [5, 5.41) is 8.14. The van der Waals surface area contributed by atoms with Gasteiger partial charge in [0.2, 0.25) is 27.8 Å². The van der Waals surface area contributed by atoms with Crippen LogP contribution in [0.3, 0.4) is 0 Å². The van der Waals surface area contributed by atoms with Crippen LogP contribution in [0.25, 0.3) is 22.3 Å². The Morgan fingerprint density at radius 1 is 0.965 bits per heavy atom. The molecule has 0 aliphatic carbocycles. The van der Waals surface area contributed by atoms with Crippen molar-refractivity contribution >= 4 is 62.0 Å². The highest BCUT2D eigenvalue weighted by molar-refractivity contribution is 7.89. The summed E-state index contributed by atoms with van der Waals surface area (Å²) < 4.78 is 65.8. The topological polar surface area (TPSA) is 207 Å². The lowest BCUT2D eigenvalue weighted by molar-refractivity contribution is -0.136. The number of halogens is 2. The van der Waals surface area contributed by atoms with Crippen molar-refractivity contribution in [2.45, 2.75) is 50.6 Å². The molecule has 1 atom stereocenters. The number of carbonyl (C=O) groups excluding carboxylic acids is 4. The first-order valence-corrected chi connectivity index (χ1v) is 19.5. The number of benzene rings is 3. The van der Waals surface area contributed by atoms with Crippen LogP contribution in [0.5, 0.6) is 0 Å². The Morgan fingerprint density at radius 2 is 1.72 bits per heavy atom. The first-order valence-electron chi connectivity index (χ1n) is 18.0. The number of rotatable bonds is 14. The molecule has 5 aromatic rings. The summed E-state index contributed by atoms with van der Waals surface area (Å²) in [6.45, 7) is 5.96. The third-order valence-corrected chi connectivity index (χ3v) is 10.9. The van der Waals surface area contributed by atoms with Crippen LogP contribution >= 0.6 is 0 Å². The number of sulfonamides is 1. The predicted molar refractivity (Wildman–Crippen MR) is 203 cm³/mol. The lowest BCUT2D eigenvalue weighted by atomic mass is 10.0. The lowest BCUT2D eigenvalue weighted by Crippen LogP contribution is -2.54. The largest absolute Gasteiger partial charge is 0.382 e. The molecular weight excluding hydrogens is 765 g/mol. The molecule has 0 bridgehead atoms. The van der Waals surface area contributed by atoms with Crippen LogP contribution in [-0.2, 0) is 24.3 Å². The van der Waals surface area contributed by atoms with Crippen molar-refractivity contribution in [1.29, 1.82) is 0 Å². The summed E-state index contributed by atoms with van der Waals surface area (Å²) in [6, 6.07) is 12.1. The summed E-state index contributed by atoms with van der Waals surface area (Å²) in [5.41, 5.74) is 1.79. The zero-order chi connectivity index (χ0) is 40.6. The van der Waals surface area contributed by atoms with E-state index in [4.69, 9.17) is 4.74 Å². The van der Waals surface area contributed by atoms with E-state index in [-0.39, 0.29) is 83.9 Å². The van der Waals surface area contributed by atoms with E-state index in [1.54, 1.807) is 25.1 Å². The van der Waals surface area contributed by atoms with Gasteiger partial charge in [0.05, 0.1) is 40.9 Å². The Labute approximate surface area is 325 Å². The number of aryl methyl sites for hydroxylation is 1. The van der Waals surface area contributed by atoms with Crippen LogP contribution in [0.2, 0.25) is 0 Å². The minimum absolute atomic E-state index is 0.00626. The Hall–Kier alpha value is -6.18. The zero-order valence-corrected chi connectivity index (χ0v) is 31.7. The minimum atomic E-state index is -3.92. The van der Waals surface area contributed by atoms with Crippen LogP contribution in [-0.4, -0.2) is 88.8 Å². The molecule has 0 spiro atoms. The Morgan fingerprint density at radius 3 is 2.46 bits per heavy atom. The maximum Gasteiger partial charge on any atom is 0.264 e. The van der Waals surface area contributed by atoms with Gasteiger partial charge in [-0.25, -0.2) is 36.9 Å². The number of anilines is 3. The quantitative estimate of drug-likeness (QED) is 0.0921. The van der Waals surface area contributed by atoms with E-state index in [1.165, 1.54) is 36.4 Å². The van der Waals surface area contributed by atoms with Crippen LogP contribution < -0.4 is 20.7 Å². The van der Waals surface area contributed by atoms with Crippen molar-refractivity contribution in [2.24, 2.45) is 0 Å². The summed E-state index contributed by atoms with van der Waals surface area (Å²) in [6.07, 6.45) is 1.02. The molecule has 296 valence electrons. The molecule has 2 aliphatic rings. The van der Waals surface area contributed by atoms with Gasteiger partial charge in [-0.05, 0) is 75.7 Å². The summed E-state index contributed by atoms with van der Waals surface area (Å²) >= 11 is 0. The van der Waals surface area contributed by atoms with Crippen molar-refractivity contribution < 1.29 is 41.1 Å². The summed E-state index contributed by atoms with van der Waals surface area (Å²) in [7, 11) is -3.92. The maximum atomic E-state index is 15.1. The number of piperidine rings is 1.